The van der Waals surface area contributed by atoms with Crippen LogP contribution in [0.4, 0.5) is 5.69 Å². The first-order chi connectivity index (χ1) is 11.9. The molecule has 2 heterocycles. The summed E-state index contributed by atoms with van der Waals surface area (Å²) in [6, 6.07) is 7.83. The van der Waals surface area contributed by atoms with Gasteiger partial charge in [0.15, 0.2) is 12.4 Å². The highest BCUT2D eigenvalue weighted by Crippen LogP contribution is 2.30. The van der Waals surface area contributed by atoms with Gasteiger partial charge in [-0.15, -0.1) is 0 Å². The molecule has 1 aromatic carbocycles. The van der Waals surface area contributed by atoms with Crippen LogP contribution in [0.5, 0.6) is 0 Å². The standard InChI is InChI=1S/C17H17NO6S/c1-25(21,22)18-8-2-4-12-10-13(6-7-14(12)18)15(19)11-24-17(20)16-5-3-9-23-16/h3,5-7,9-10H,2,4,8,11H2,1H3. The van der Waals surface area contributed by atoms with E-state index < -0.39 is 22.6 Å². The van der Waals surface area contributed by atoms with Crippen molar-refractivity contribution in [3.05, 3.63) is 53.5 Å². The van der Waals surface area contributed by atoms with E-state index in [1.54, 1.807) is 24.3 Å². The number of ether oxygens (including phenoxy) is 1. The fraction of sp³-hybridized carbons (Fsp3) is 0.294. The molecule has 0 bridgehead atoms. The van der Waals surface area contributed by atoms with Crippen LogP contribution in [0.15, 0.2) is 41.0 Å². The lowest BCUT2D eigenvalue weighted by atomic mass is 9.99. The number of anilines is 1. The zero-order valence-electron chi connectivity index (χ0n) is 13.6. The summed E-state index contributed by atoms with van der Waals surface area (Å²) in [4.78, 5) is 23.9. The first-order valence-corrected chi connectivity index (χ1v) is 9.55. The highest BCUT2D eigenvalue weighted by molar-refractivity contribution is 7.92. The maximum Gasteiger partial charge on any atom is 0.374 e. The minimum Gasteiger partial charge on any atom is -0.457 e. The first-order valence-electron chi connectivity index (χ1n) is 7.71. The largest absolute Gasteiger partial charge is 0.457 e. The maximum atomic E-state index is 12.2. The lowest BCUT2D eigenvalue weighted by Gasteiger charge is -2.29. The van der Waals surface area contributed by atoms with Crippen LogP contribution in [0.3, 0.4) is 0 Å². The van der Waals surface area contributed by atoms with Crippen LogP contribution in [0.1, 0.15) is 32.9 Å². The van der Waals surface area contributed by atoms with Gasteiger partial charge in [-0.2, -0.15) is 0 Å². The maximum absolute atomic E-state index is 12.2. The van der Waals surface area contributed by atoms with E-state index >= 15 is 0 Å². The van der Waals surface area contributed by atoms with Crippen LogP contribution in [-0.4, -0.2) is 39.6 Å². The second-order valence-corrected chi connectivity index (χ2v) is 7.67. The Balaban J connectivity index is 1.73. The van der Waals surface area contributed by atoms with Crippen LogP contribution in [-0.2, 0) is 21.2 Å². The van der Waals surface area contributed by atoms with E-state index in [0.29, 0.717) is 30.6 Å². The topological polar surface area (TPSA) is 93.9 Å². The molecule has 0 saturated carbocycles. The van der Waals surface area contributed by atoms with Crippen molar-refractivity contribution < 1.29 is 27.2 Å². The quantitative estimate of drug-likeness (QED) is 0.596. The van der Waals surface area contributed by atoms with Gasteiger partial charge in [-0.25, -0.2) is 13.2 Å². The Hall–Kier alpha value is -2.61. The summed E-state index contributed by atoms with van der Waals surface area (Å²) in [5, 5.41) is 0. The molecule has 0 spiro atoms. The van der Waals surface area contributed by atoms with Crippen LogP contribution in [0.25, 0.3) is 0 Å². The van der Waals surface area contributed by atoms with Crippen LogP contribution in [0.2, 0.25) is 0 Å². The van der Waals surface area contributed by atoms with Crippen molar-refractivity contribution >= 4 is 27.5 Å². The monoisotopic (exact) mass is 363 g/mol. The molecule has 1 aliphatic rings. The molecule has 0 N–H and O–H groups in total. The van der Waals surface area contributed by atoms with Crippen molar-refractivity contribution in [3.63, 3.8) is 0 Å². The number of nitrogens with zero attached hydrogens (tertiary/aromatic N) is 1. The Morgan fingerprint density at radius 2 is 2.08 bits per heavy atom. The van der Waals surface area contributed by atoms with Crippen molar-refractivity contribution in [2.75, 3.05) is 23.7 Å². The highest BCUT2D eigenvalue weighted by Gasteiger charge is 2.25. The lowest BCUT2D eigenvalue weighted by molar-refractivity contribution is 0.0444. The van der Waals surface area contributed by atoms with E-state index in [1.807, 2.05) is 0 Å². The van der Waals surface area contributed by atoms with Crippen molar-refractivity contribution in [1.82, 2.24) is 0 Å². The molecule has 25 heavy (non-hydrogen) atoms. The van der Waals surface area contributed by atoms with Gasteiger partial charge < -0.3 is 9.15 Å². The van der Waals surface area contributed by atoms with E-state index in [2.05, 4.69) is 0 Å². The van der Waals surface area contributed by atoms with Crippen molar-refractivity contribution in [2.24, 2.45) is 0 Å². The third-order valence-electron chi connectivity index (χ3n) is 3.93. The summed E-state index contributed by atoms with van der Waals surface area (Å²) in [5.74, 6) is -1.04. The summed E-state index contributed by atoms with van der Waals surface area (Å²) in [7, 11) is -3.35. The minimum absolute atomic E-state index is 0.0297. The molecule has 8 heteroatoms. The number of Topliss-reactive ketones (excluding diaryl/α,β-unsaturated/α-hetero) is 1. The number of benzene rings is 1. The number of carbonyl (C=O) groups is 2. The molecule has 1 aromatic heterocycles. The fourth-order valence-electron chi connectivity index (χ4n) is 2.76. The zero-order chi connectivity index (χ0) is 18.0. The Bertz CT molecular complexity index is 901. The predicted octanol–water partition coefficient (Wildman–Crippen LogP) is 2.03. The van der Waals surface area contributed by atoms with Gasteiger partial charge in [-0.1, -0.05) is 0 Å². The molecule has 0 fully saturated rings. The minimum atomic E-state index is -3.35. The number of furan rings is 1. The summed E-state index contributed by atoms with van der Waals surface area (Å²) in [6.07, 6.45) is 3.88. The average Bonchev–Trinajstić information content (AvgIpc) is 3.12. The van der Waals surface area contributed by atoms with Crippen molar-refractivity contribution in [3.8, 4) is 0 Å². The van der Waals surface area contributed by atoms with Gasteiger partial charge in [-0.3, -0.25) is 9.10 Å². The molecule has 2 aromatic rings. The van der Waals surface area contributed by atoms with Crippen molar-refractivity contribution in [2.45, 2.75) is 12.8 Å². The summed E-state index contributed by atoms with van der Waals surface area (Å²) >= 11 is 0. The SMILES string of the molecule is CS(=O)(=O)N1CCCc2cc(C(=O)COC(=O)c3ccco3)ccc21. The van der Waals surface area contributed by atoms with Gasteiger partial charge in [0.05, 0.1) is 18.2 Å². The van der Waals surface area contributed by atoms with Gasteiger partial charge in [0.25, 0.3) is 0 Å². The predicted molar refractivity (Wildman–Crippen MR) is 90.3 cm³/mol. The smallest absolute Gasteiger partial charge is 0.374 e. The van der Waals surface area contributed by atoms with E-state index in [0.717, 1.165) is 11.8 Å². The molecule has 0 aliphatic carbocycles. The second-order valence-electron chi connectivity index (χ2n) is 5.76. The molecule has 0 amide bonds. The van der Waals surface area contributed by atoms with Gasteiger partial charge in [0, 0.05) is 12.1 Å². The van der Waals surface area contributed by atoms with Crippen molar-refractivity contribution in [1.29, 1.82) is 0 Å². The number of hydrogen-bond donors (Lipinski definition) is 0. The van der Waals surface area contributed by atoms with E-state index in [-0.39, 0.29) is 11.5 Å². The fourth-order valence-corrected chi connectivity index (χ4v) is 3.76. The first kappa shape index (κ1) is 17.2. The number of carbonyl (C=O) groups excluding carboxylic acids is 2. The van der Waals surface area contributed by atoms with Gasteiger partial charge >= 0.3 is 5.97 Å². The molecular weight excluding hydrogens is 346 g/mol. The Morgan fingerprint density at radius 3 is 2.76 bits per heavy atom. The van der Waals surface area contributed by atoms with Crippen LogP contribution in [0, 0.1) is 0 Å². The second kappa shape index (κ2) is 6.72. The third kappa shape index (κ3) is 3.74. The molecule has 3 rings (SSSR count). The summed E-state index contributed by atoms with van der Waals surface area (Å²) in [5.41, 5.74) is 1.76. The molecule has 0 radical (unpaired) electrons. The summed E-state index contributed by atoms with van der Waals surface area (Å²) in [6.45, 7) is 0.0218. The van der Waals surface area contributed by atoms with E-state index in [9.17, 15) is 18.0 Å². The molecule has 0 atom stereocenters. The van der Waals surface area contributed by atoms with Crippen LogP contribution >= 0.6 is 0 Å². The molecule has 7 nitrogen and oxygen atoms in total. The summed E-state index contributed by atoms with van der Waals surface area (Å²) < 4.78 is 34.9. The number of fused-ring (bicyclic) bond motifs is 1. The molecule has 0 saturated heterocycles. The Kier molecular flexibility index (Phi) is 4.63. The van der Waals surface area contributed by atoms with E-state index in [1.165, 1.54) is 16.6 Å². The Morgan fingerprint density at radius 1 is 1.28 bits per heavy atom. The molecule has 1 aliphatic heterocycles. The number of ketones is 1. The normalized spacial score (nSPS) is 14.0. The average molecular weight is 363 g/mol. The number of sulfonamides is 1. The number of hydrogen-bond acceptors (Lipinski definition) is 6. The number of rotatable bonds is 5. The Labute approximate surface area is 145 Å². The highest BCUT2D eigenvalue weighted by atomic mass is 32.2. The number of aryl methyl sites for hydroxylation is 1. The van der Waals surface area contributed by atoms with E-state index in [4.69, 9.17) is 9.15 Å². The third-order valence-corrected chi connectivity index (χ3v) is 5.11. The molecule has 132 valence electrons. The zero-order valence-corrected chi connectivity index (χ0v) is 14.4. The van der Waals surface area contributed by atoms with Crippen LogP contribution < -0.4 is 4.31 Å². The lowest BCUT2D eigenvalue weighted by Crippen LogP contribution is -2.34. The number of esters is 1. The van der Waals surface area contributed by atoms with Gasteiger partial charge in [-0.05, 0) is 48.7 Å². The van der Waals surface area contributed by atoms with Gasteiger partial charge in [0.1, 0.15) is 0 Å². The molecule has 0 unspecified atom stereocenters. The molecular formula is C17H17NO6S. The van der Waals surface area contributed by atoms with Gasteiger partial charge in [0.2, 0.25) is 15.8 Å².